The molecule has 0 aromatic heterocycles. The normalized spacial score (nSPS) is 19.7. The van der Waals surface area contributed by atoms with Crippen molar-refractivity contribution in [2.24, 2.45) is 0 Å². The van der Waals surface area contributed by atoms with Crippen LogP contribution in [0.4, 0.5) is 17.1 Å². The summed E-state index contributed by atoms with van der Waals surface area (Å²) in [6, 6.07) is 3.42. The summed E-state index contributed by atoms with van der Waals surface area (Å²) in [6.45, 7) is 0.476. The maximum atomic E-state index is 11.3. The SMILES string of the molecule is Nc1cc2c(cc1NCC1(O)CCC1)NC(=O)CO2. The summed E-state index contributed by atoms with van der Waals surface area (Å²) >= 11 is 0. The molecule has 1 amide bonds. The minimum Gasteiger partial charge on any atom is -0.482 e. The predicted molar refractivity (Wildman–Crippen MR) is 72.3 cm³/mol. The van der Waals surface area contributed by atoms with Gasteiger partial charge in [0.1, 0.15) is 5.75 Å². The number of nitrogen functional groups attached to an aromatic ring is 1. The summed E-state index contributed by atoms with van der Waals surface area (Å²) in [5.74, 6) is 0.394. The molecule has 0 radical (unpaired) electrons. The second-order valence-electron chi connectivity index (χ2n) is 5.20. The van der Waals surface area contributed by atoms with Gasteiger partial charge in [0.15, 0.2) is 6.61 Å². The van der Waals surface area contributed by atoms with Crippen LogP contribution >= 0.6 is 0 Å². The van der Waals surface area contributed by atoms with Crippen LogP contribution in [0.3, 0.4) is 0 Å². The first kappa shape index (κ1) is 12.1. The number of benzene rings is 1. The van der Waals surface area contributed by atoms with Crippen LogP contribution < -0.4 is 21.1 Å². The Morgan fingerprint density at radius 3 is 2.95 bits per heavy atom. The molecule has 2 aliphatic rings. The number of ether oxygens (including phenoxy) is 1. The summed E-state index contributed by atoms with van der Waals surface area (Å²) in [7, 11) is 0. The standard InChI is InChI=1S/C13H17N3O3/c14-8-4-11-10(16-12(17)6-19-11)5-9(8)15-7-13(18)2-1-3-13/h4-5,15,18H,1-3,6-7,14H2,(H,16,17). The molecule has 0 unspecified atom stereocenters. The molecule has 1 aliphatic carbocycles. The van der Waals surface area contributed by atoms with E-state index in [-0.39, 0.29) is 12.5 Å². The van der Waals surface area contributed by atoms with Crippen LogP contribution in [0, 0.1) is 0 Å². The van der Waals surface area contributed by atoms with Gasteiger partial charge in [-0.2, -0.15) is 0 Å². The molecule has 5 N–H and O–H groups in total. The third-order valence-electron chi connectivity index (χ3n) is 3.68. The van der Waals surface area contributed by atoms with Gasteiger partial charge in [0.25, 0.3) is 5.91 Å². The Kier molecular flexibility index (Phi) is 2.74. The molecule has 1 saturated carbocycles. The van der Waals surface area contributed by atoms with Crippen molar-refractivity contribution < 1.29 is 14.6 Å². The van der Waals surface area contributed by atoms with E-state index in [9.17, 15) is 9.90 Å². The molecule has 1 aliphatic heterocycles. The zero-order chi connectivity index (χ0) is 13.5. The van der Waals surface area contributed by atoms with E-state index >= 15 is 0 Å². The number of amides is 1. The van der Waals surface area contributed by atoms with Gasteiger partial charge in [0, 0.05) is 12.6 Å². The minimum absolute atomic E-state index is 0.0129. The molecule has 6 nitrogen and oxygen atoms in total. The number of hydrogen-bond donors (Lipinski definition) is 4. The Morgan fingerprint density at radius 2 is 2.26 bits per heavy atom. The van der Waals surface area contributed by atoms with Crippen LogP contribution in [-0.2, 0) is 4.79 Å². The summed E-state index contributed by atoms with van der Waals surface area (Å²) in [4.78, 5) is 11.3. The maximum Gasteiger partial charge on any atom is 0.262 e. The fourth-order valence-corrected chi connectivity index (χ4v) is 2.32. The minimum atomic E-state index is -0.623. The van der Waals surface area contributed by atoms with Crippen molar-refractivity contribution in [2.75, 3.05) is 29.5 Å². The maximum absolute atomic E-state index is 11.3. The molecule has 102 valence electrons. The van der Waals surface area contributed by atoms with Gasteiger partial charge < -0.3 is 26.2 Å². The molecule has 3 rings (SSSR count). The molecule has 0 atom stereocenters. The lowest BCUT2D eigenvalue weighted by Gasteiger charge is -2.37. The van der Waals surface area contributed by atoms with E-state index in [1.54, 1.807) is 12.1 Å². The summed E-state index contributed by atoms with van der Waals surface area (Å²) in [6.07, 6.45) is 2.68. The first-order valence-electron chi connectivity index (χ1n) is 6.38. The number of nitrogens with one attached hydrogen (secondary N) is 2. The molecule has 19 heavy (non-hydrogen) atoms. The van der Waals surface area contributed by atoms with Crippen molar-refractivity contribution in [1.29, 1.82) is 0 Å². The number of fused-ring (bicyclic) bond motifs is 1. The lowest BCUT2D eigenvalue weighted by molar-refractivity contribution is -0.118. The molecule has 0 spiro atoms. The number of rotatable bonds is 3. The summed E-state index contributed by atoms with van der Waals surface area (Å²) in [5.41, 5.74) is 7.15. The van der Waals surface area contributed by atoms with Crippen LogP contribution in [0.5, 0.6) is 5.75 Å². The number of aliphatic hydroxyl groups is 1. The van der Waals surface area contributed by atoms with E-state index in [1.807, 2.05) is 0 Å². The number of carbonyl (C=O) groups excluding carboxylic acids is 1. The van der Waals surface area contributed by atoms with Crippen molar-refractivity contribution in [3.8, 4) is 5.75 Å². The first-order valence-corrected chi connectivity index (χ1v) is 6.38. The van der Waals surface area contributed by atoms with Gasteiger partial charge >= 0.3 is 0 Å². The topological polar surface area (TPSA) is 96.6 Å². The van der Waals surface area contributed by atoms with Gasteiger partial charge in [0.05, 0.1) is 22.7 Å². The monoisotopic (exact) mass is 263 g/mol. The van der Waals surface area contributed by atoms with Crippen molar-refractivity contribution >= 4 is 23.0 Å². The van der Waals surface area contributed by atoms with Crippen molar-refractivity contribution in [3.05, 3.63) is 12.1 Å². The van der Waals surface area contributed by atoms with E-state index in [0.29, 0.717) is 29.4 Å². The molecule has 1 heterocycles. The molecule has 1 fully saturated rings. The van der Waals surface area contributed by atoms with Crippen molar-refractivity contribution in [2.45, 2.75) is 24.9 Å². The summed E-state index contributed by atoms with van der Waals surface area (Å²) < 4.78 is 5.28. The van der Waals surface area contributed by atoms with Crippen LogP contribution in [-0.4, -0.2) is 29.8 Å². The van der Waals surface area contributed by atoms with E-state index in [2.05, 4.69) is 10.6 Å². The van der Waals surface area contributed by atoms with Crippen LogP contribution in [0.25, 0.3) is 0 Å². The third-order valence-corrected chi connectivity index (χ3v) is 3.68. The van der Waals surface area contributed by atoms with Crippen LogP contribution in [0.2, 0.25) is 0 Å². The summed E-state index contributed by atoms with van der Waals surface area (Å²) in [5, 5.41) is 15.9. The van der Waals surface area contributed by atoms with E-state index in [0.717, 1.165) is 19.3 Å². The molecule has 6 heteroatoms. The Balaban J connectivity index is 1.77. The number of carbonyl (C=O) groups is 1. The fraction of sp³-hybridized carbons (Fsp3) is 0.462. The Morgan fingerprint density at radius 1 is 1.47 bits per heavy atom. The second kappa shape index (κ2) is 4.31. The zero-order valence-electron chi connectivity index (χ0n) is 10.5. The third kappa shape index (κ3) is 2.31. The van der Waals surface area contributed by atoms with Crippen LogP contribution in [0.1, 0.15) is 19.3 Å². The molecule has 1 aromatic carbocycles. The zero-order valence-corrected chi connectivity index (χ0v) is 10.5. The molecular formula is C13H17N3O3. The second-order valence-corrected chi connectivity index (χ2v) is 5.20. The van der Waals surface area contributed by atoms with Gasteiger partial charge in [-0.25, -0.2) is 0 Å². The molecular weight excluding hydrogens is 246 g/mol. The van der Waals surface area contributed by atoms with Gasteiger partial charge in [-0.1, -0.05) is 0 Å². The van der Waals surface area contributed by atoms with Crippen LogP contribution in [0.15, 0.2) is 12.1 Å². The number of anilines is 3. The molecule has 1 aromatic rings. The molecule has 0 bridgehead atoms. The highest BCUT2D eigenvalue weighted by Gasteiger charge is 2.34. The van der Waals surface area contributed by atoms with Crippen molar-refractivity contribution in [3.63, 3.8) is 0 Å². The fourth-order valence-electron chi connectivity index (χ4n) is 2.32. The van der Waals surface area contributed by atoms with Crippen molar-refractivity contribution in [1.82, 2.24) is 0 Å². The quantitative estimate of drug-likeness (QED) is 0.608. The van der Waals surface area contributed by atoms with E-state index in [1.165, 1.54) is 0 Å². The Hall–Kier alpha value is -1.95. The van der Waals surface area contributed by atoms with E-state index < -0.39 is 5.60 Å². The van der Waals surface area contributed by atoms with E-state index in [4.69, 9.17) is 10.5 Å². The lowest BCUT2D eigenvalue weighted by atomic mass is 9.80. The highest BCUT2D eigenvalue weighted by Crippen LogP contribution is 2.37. The van der Waals surface area contributed by atoms with Gasteiger partial charge in [-0.3, -0.25) is 4.79 Å². The average Bonchev–Trinajstić information content (AvgIpc) is 2.34. The highest BCUT2D eigenvalue weighted by atomic mass is 16.5. The number of hydrogen-bond acceptors (Lipinski definition) is 5. The van der Waals surface area contributed by atoms with Gasteiger partial charge in [-0.05, 0) is 25.3 Å². The Labute approximate surface area is 110 Å². The first-order chi connectivity index (χ1) is 9.06. The largest absolute Gasteiger partial charge is 0.482 e. The molecule has 0 saturated heterocycles. The predicted octanol–water partition coefficient (Wildman–Crippen LogP) is 0.927. The smallest absolute Gasteiger partial charge is 0.262 e. The average molecular weight is 263 g/mol. The number of nitrogens with two attached hydrogens (primary N) is 1. The lowest BCUT2D eigenvalue weighted by Crippen LogP contribution is -2.43. The van der Waals surface area contributed by atoms with Gasteiger partial charge in [-0.15, -0.1) is 0 Å². The van der Waals surface area contributed by atoms with Gasteiger partial charge in [0.2, 0.25) is 0 Å². The Bertz CT molecular complexity index is 526. The highest BCUT2D eigenvalue weighted by molar-refractivity contribution is 5.97.